The first kappa shape index (κ1) is 29.6. The third kappa shape index (κ3) is 18.4. The molecule has 0 radical (unpaired) electrons. The molecule has 0 aromatic rings. The summed E-state index contributed by atoms with van der Waals surface area (Å²) < 4.78 is 48.4. The van der Waals surface area contributed by atoms with Gasteiger partial charge >= 0.3 is 0 Å². The highest BCUT2D eigenvalue weighted by molar-refractivity contribution is 7.85. The highest BCUT2D eigenvalue weighted by Crippen LogP contribution is 1.98. The van der Waals surface area contributed by atoms with E-state index in [1.54, 1.807) is 28.4 Å². The summed E-state index contributed by atoms with van der Waals surface area (Å²) in [7, 11) is 3.33. The van der Waals surface area contributed by atoms with Gasteiger partial charge < -0.3 is 18.9 Å². The van der Waals surface area contributed by atoms with Crippen molar-refractivity contribution in [1.82, 2.24) is 14.7 Å². The molecule has 182 valence electrons. The van der Waals surface area contributed by atoms with Gasteiger partial charge in [-0.25, -0.2) is 0 Å². The summed E-state index contributed by atoms with van der Waals surface area (Å²) in [5.41, 5.74) is 0. The normalized spacial score (nSPS) is 12.5. The average Bonchev–Trinajstić information content (AvgIpc) is 2.70. The van der Waals surface area contributed by atoms with Crippen LogP contribution in [-0.2, 0) is 33.2 Å². The number of hydrogen-bond acceptors (Lipinski definition) is 10. The molecule has 10 nitrogen and oxygen atoms in total. The summed E-state index contributed by atoms with van der Waals surface area (Å²) in [5.74, 6) is 0. The average molecular weight is 458 g/mol. The Morgan fingerprint density at radius 3 is 1.03 bits per heavy atom. The predicted molar refractivity (Wildman–Crippen MR) is 118 cm³/mol. The van der Waals surface area contributed by atoms with E-state index >= 15 is 0 Å². The molecule has 0 unspecified atom stereocenters. The maximum atomic E-state index is 11.3. The van der Waals surface area contributed by atoms with Gasteiger partial charge in [0.05, 0.1) is 39.3 Å². The molecular formula is C19H43N3O7S. The quantitative estimate of drug-likeness (QED) is 0.197. The second-order valence-corrected chi connectivity index (χ2v) is 8.67. The van der Waals surface area contributed by atoms with E-state index in [9.17, 15) is 8.42 Å². The minimum absolute atomic E-state index is 0.144. The van der Waals surface area contributed by atoms with E-state index in [4.69, 9.17) is 23.1 Å². The summed E-state index contributed by atoms with van der Waals surface area (Å²) in [5, 5.41) is 0. The summed E-state index contributed by atoms with van der Waals surface area (Å²) >= 11 is 0. The van der Waals surface area contributed by atoms with Crippen molar-refractivity contribution < 1.29 is 31.5 Å². The summed E-state index contributed by atoms with van der Waals surface area (Å²) in [6, 6.07) is 0. The molecule has 0 rings (SSSR count). The van der Waals surface area contributed by atoms with Crippen LogP contribution in [0.15, 0.2) is 0 Å². The fraction of sp³-hybridized carbons (Fsp3) is 1.00. The van der Waals surface area contributed by atoms with Gasteiger partial charge in [0.1, 0.15) is 0 Å². The van der Waals surface area contributed by atoms with Gasteiger partial charge in [-0.05, 0) is 0 Å². The molecule has 0 spiro atoms. The van der Waals surface area contributed by atoms with E-state index in [-0.39, 0.29) is 6.61 Å². The third-order valence-electron chi connectivity index (χ3n) is 4.62. The van der Waals surface area contributed by atoms with Crippen molar-refractivity contribution in [2.75, 3.05) is 127 Å². The van der Waals surface area contributed by atoms with E-state index in [1.165, 1.54) is 0 Å². The fourth-order valence-corrected chi connectivity index (χ4v) is 3.15. The van der Waals surface area contributed by atoms with E-state index in [0.717, 1.165) is 58.6 Å². The zero-order chi connectivity index (χ0) is 22.7. The van der Waals surface area contributed by atoms with Crippen molar-refractivity contribution in [3.05, 3.63) is 0 Å². The van der Waals surface area contributed by atoms with E-state index in [2.05, 4.69) is 14.7 Å². The molecule has 0 saturated carbocycles. The van der Waals surface area contributed by atoms with Gasteiger partial charge in [-0.2, -0.15) is 8.42 Å². The molecule has 0 bridgehead atoms. The van der Waals surface area contributed by atoms with Crippen LogP contribution in [0, 0.1) is 0 Å². The maximum absolute atomic E-state index is 11.3. The highest BCUT2D eigenvalue weighted by atomic mass is 32.2. The lowest BCUT2D eigenvalue weighted by atomic mass is 10.3. The molecule has 0 fully saturated rings. The Kier molecular flexibility index (Phi) is 19.1. The Balaban J connectivity index is 4.78. The Hall–Kier alpha value is -0.370. The van der Waals surface area contributed by atoms with Crippen molar-refractivity contribution >= 4 is 10.1 Å². The maximum Gasteiger partial charge on any atom is 0.264 e. The molecule has 0 aliphatic rings. The largest absolute Gasteiger partial charge is 0.383 e. The zero-order valence-electron chi connectivity index (χ0n) is 19.5. The number of hydrogen-bond donors (Lipinski definition) is 0. The van der Waals surface area contributed by atoms with Crippen LogP contribution in [0.25, 0.3) is 0 Å². The van der Waals surface area contributed by atoms with Gasteiger partial charge in [0, 0.05) is 87.3 Å². The molecule has 0 amide bonds. The third-order valence-corrected chi connectivity index (χ3v) is 5.21. The number of rotatable bonds is 22. The van der Waals surface area contributed by atoms with Gasteiger partial charge in [0.25, 0.3) is 10.1 Å². The Morgan fingerprint density at radius 1 is 0.500 bits per heavy atom. The molecule has 0 aromatic carbocycles. The fourth-order valence-electron chi connectivity index (χ4n) is 2.77. The van der Waals surface area contributed by atoms with Crippen LogP contribution in [-0.4, -0.2) is 150 Å². The molecule has 0 atom stereocenters. The number of methoxy groups -OCH3 is 4. The Morgan fingerprint density at radius 2 is 0.767 bits per heavy atom. The van der Waals surface area contributed by atoms with Crippen molar-refractivity contribution in [3.8, 4) is 0 Å². The SMILES string of the molecule is COCCN(CCOC)CCN(CCOS(C)(=O)=O)CCN(CCOC)CCOC. The van der Waals surface area contributed by atoms with Crippen molar-refractivity contribution in [2.24, 2.45) is 0 Å². The van der Waals surface area contributed by atoms with E-state index in [0.29, 0.717) is 33.0 Å². The molecule has 0 aliphatic heterocycles. The highest BCUT2D eigenvalue weighted by Gasteiger charge is 2.13. The molecule has 0 saturated heterocycles. The van der Waals surface area contributed by atoms with Gasteiger partial charge in [0.15, 0.2) is 0 Å². The monoisotopic (exact) mass is 457 g/mol. The molecule has 0 aromatic heterocycles. The molecule has 0 aliphatic carbocycles. The standard InChI is InChI=1S/C19H43N3O7S/c1-25-15-10-21(11-16-26-2)8-6-20(14-19-29-30(5,23)24)7-9-22(12-17-27-3)13-18-28-4/h6-19H2,1-5H3. The van der Waals surface area contributed by atoms with Crippen molar-refractivity contribution in [1.29, 1.82) is 0 Å². The Labute approximate surface area is 183 Å². The molecule has 0 heterocycles. The minimum atomic E-state index is -3.44. The van der Waals surface area contributed by atoms with Crippen LogP contribution in [0.4, 0.5) is 0 Å². The Bertz CT molecular complexity index is 443. The van der Waals surface area contributed by atoms with E-state index in [1.807, 2.05) is 0 Å². The second kappa shape index (κ2) is 19.3. The van der Waals surface area contributed by atoms with Gasteiger partial charge in [0.2, 0.25) is 0 Å². The zero-order valence-corrected chi connectivity index (χ0v) is 20.3. The first-order chi connectivity index (χ1) is 14.4. The van der Waals surface area contributed by atoms with Crippen LogP contribution in [0.1, 0.15) is 0 Å². The van der Waals surface area contributed by atoms with Gasteiger partial charge in [-0.3, -0.25) is 18.9 Å². The lowest BCUT2D eigenvalue weighted by molar-refractivity contribution is 0.0899. The minimum Gasteiger partial charge on any atom is -0.383 e. The number of ether oxygens (including phenoxy) is 4. The molecule has 0 N–H and O–H groups in total. The van der Waals surface area contributed by atoms with E-state index < -0.39 is 10.1 Å². The van der Waals surface area contributed by atoms with Crippen LogP contribution >= 0.6 is 0 Å². The first-order valence-corrected chi connectivity index (χ1v) is 12.1. The molecule has 30 heavy (non-hydrogen) atoms. The van der Waals surface area contributed by atoms with Crippen LogP contribution in [0.5, 0.6) is 0 Å². The van der Waals surface area contributed by atoms with Crippen LogP contribution < -0.4 is 0 Å². The van der Waals surface area contributed by atoms with Crippen molar-refractivity contribution in [3.63, 3.8) is 0 Å². The van der Waals surface area contributed by atoms with Crippen LogP contribution in [0.2, 0.25) is 0 Å². The summed E-state index contributed by atoms with van der Waals surface area (Å²) in [6.45, 7) is 9.85. The first-order valence-electron chi connectivity index (χ1n) is 10.3. The topological polar surface area (TPSA) is 90.0 Å². The smallest absolute Gasteiger partial charge is 0.264 e. The lowest BCUT2D eigenvalue weighted by Crippen LogP contribution is -2.43. The second-order valence-electron chi connectivity index (χ2n) is 7.02. The number of nitrogens with zero attached hydrogens (tertiary/aromatic N) is 3. The lowest BCUT2D eigenvalue weighted by Gasteiger charge is -2.30. The predicted octanol–water partition coefficient (Wildman–Crippen LogP) is -0.546. The summed E-state index contributed by atoms with van der Waals surface area (Å²) in [4.78, 5) is 6.79. The summed E-state index contributed by atoms with van der Waals surface area (Å²) in [6.07, 6.45) is 1.08. The molecule has 11 heteroatoms. The molecular weight excluding hydrogens is 414 g/mol. The van der Waals surface area contributed by atoms with Crippen molar-refractivity contribution in [2.45, 2.75) is 0 Å². The van der Waals surface area contributed by atoms with Gasteiger partial charge in [-0.1, -0.05) is 0 Å². The van der Waals surface area contributed by atoms with Gasteiger partial charge in [-0.15, -0.1) is 0 Å². The van der Waals surface area contributed by atoms with Crippen LogP contribution in [0.3, 0.4) is 0 Å².